The lowest BCUT2D eigenvalue weighted by Gasteiger charge is -2.27. The Bertz CT molecular complexity index is 350. The lowest BCUT2D eigenvalue weighted by Crippen LogP contribution is -2.31. The molecular formula is C14H20FNS. The fourth-order valence-electron chi connectivity index (χ4n) is 2.30. The van der Waals surface area contributed by atoms with Crippen molar-refractivity contribution >= 4 is 11.8 Å². The van der Waals surface area contributed by atoms with Crippen LogP contribution >= 0.6 is 11.8 Å². The Labute approximate surface area is 107 Å². The van der Waals surface area contributed by atoms with Crippen LogP contribution in [0.3, 0.4) is 0 Å². The van der Waals surface area contributed by atoms with Crippen LogP contribution in [0.5, 0.6) is 0 Å². The van der Waals surface area contributed by atoms with Gasteiger partial charge in [-0.3, -0.25) is 0 Å². The van der Waals surface area contributed by atoms with E-state index in [2.05, 4.69) is 12.2 Å². The van der Waals surface area contributed by atoms with Crippen molar-refractivity contribution in [2.45, 2.75) is 30.8 Å². The van der Waals surface area contributed by atoms with Crippen molar-refractivity contribution in [2.24, 2.45) is 5.92 Å². The maximum absolute atomic E-state index is 13.0. The number of piperidine rings is 1. The molecule has 1 fully saturated rings. The van der Waals surface area contributed by atoms with Gasteiger partial charge in [0.25, 0.3) is 0 Å². The van der Waals surface area contributed by atoms with E-state index in [1.165, 1.54) is 18.9 Å². The van der Waals surface area contributed by atoms with Gasteiger partial charge >= 0.3 is 0 Å². The molecule has 0 aromatic heterocycles. The van der Waals surface area contributed by atoms with E-state index in [-0.39, 0.29) is 5.82 Å². The van der Waals surface area contributed by atoms with Gasteiger partial charge in [-0.1, -0.05) is 19.1 Å². The van der Waals surface area contributed by atoms with E-state index in [4.69, 9.17) is 0 Å². The molecule has 1 atom stereocenters. The third-order valence-electron chi connectivity index (χ3n) is 3.45. The second-order valence-corrected chi connectivity index (χ2v) is 6.10. The molecule has 1 saturated heterocycles. The first-order valence-electron chi connectivity index (χ1n) is 6.32. The Morgan fingerprint density at radius 1 is 1.41 bits per heavy atom. The van der Waals surface area contributed by atoms with E-state index >= 15 is 0 Å². The molecule has 0 saturated carbocycles. The summed E-state index contributed by atoms with van der Waals surface area (Å²) in [5, 5.41) is 4.06. The maximum atomic E-state index is 13.0. The third kappa shape index (κ3) is 4.00. The first-order chi connectivity index (χ1) is 8.25. The molecule has 0 radical (unpaired) electrons. The third-order valence-corrected chi connectivity index (χ3v) is 4.86. The van der Waals surface area contributed by atoms with Crippen LogP contribution in [0.2, 0.25) is 0 Å². The van der Waals surface area contributed by atoms with Crippen LogP contribution in [0.15, 0.2) is 24.3 Å². The van der Waals surface area contributed by atoms with Crippen LogP contribution in [-0.2, 0) is 5.75 Å². The molecule has 1 aromatic carbocycles. The van der Waals surface area contributed by atoms with Crippen molar-refractivity contribution < 1.29 is 4.39 Å². The topological polar surface area (TPSA) is 12.0 Å². The van der Waals surface area contributed by atoms with E-state index in [1.807, 2.05) is 17.8 Å². The van der Waals surface area contributed by atoms with Crippen LogP contribution < -0.4 is 5.32 Å². The zero-order valence-corrected chi connectivity index (χ0v) is 11.1. The fraction of sp³-hybridized carbons (Fsp3) is 0.571. The second kappa shape index (κ2) is 6.41. The molecule has 0 bridgehead atoms. The van der Waals surface area contributed by atoms with Crippen LogP contribution in [0.1, 0.15) is 25.3 Å². The lowest BCUT2D eigenvalue weighted by molar-refractivity contribution is 0.373. The average Bonchev–Trinajstić information content (AvgIpc) is 2.37. The standard InChI is InChI=1S/C14H20FNS/c1-11(13-5-7-16-8-6-13)17-10-12-3-2-4-14(15)9-12/h2-4,9,11,13,16H,5-8,10H2,1H3. The van der Waals surface area contributed by atoms with E-state index in [0.29, 0.717) is 5.25 Å². The minimum absolute atomic E-state index is 0.127. The van der Waals surface area contributed by atoms with Gasteiger partial charge in [0.05, 0.1) is 0 Å². The monoisotopic (exact) mass is 253 g/mol. The van der Waals surface area contributed by atoms with Crippen molar-refractivity contribution in [3.63, 3.8) is 0 Å². The first-order valence-corrected chi connectivity index (χ1v) is 7.37. The number of hydrogen-bond acceptors (Lipinski definition) is 2. The largest absolute Gasteiger partial charge is 0.317 e. The summed E-state index contributed by atoms with van der Waals surface area (Å²) >= 11 is 1.95. The number of rotatable bonds is 4. The number of hydrogen-bond donors (Lipinski definition) is 1. The predicted octanol–water partition coefficient (Wildman–Crippen LogP) is 3.45. The summed E-state index contributed by atoms with van der Waals surface area (Å²) in [5.41, 5.74) is 1.09. The molecule has 2 rings (SSSR count). The first kappa shape index (κ1) is 12.9. The van der Waals surface area contributed by atoms with Crippen molar-refractivity contribution in [1.29, 1.82) is 0 Å². The number of benzene rings is 1. The lowest BCUT2D eigenvalue weighted by atomic mass is 9.95. The van der Waals surface area contributed by atoms with E-state index in [1.54, 1.807) is 12.1 Å². The minimum Gasteiger partial charge on any atom is -0.317 e. The Morgan fingerprint density at radius 2 is 2.18 bits per heavy atom. The number of halogens is 1. The van der Waals surface area contributed by atoms with Gasteiger partial charge in [-0.2, -0.15) is 11.8 Å². The normalized spacial score (nSPS) is 19.2. The van der Waals surface area contributed by atoms with Crippen LogP contribution in [0.4, 0.5) is 4.39 Å². The Morgan fingerprint density at radius 3 is 2.88 bits per heavy atom. The summed E-state index contributed by atoms with van der Waals surface area (Å²) in [6, 6.07) is 6.94. The summed E-state index contributed by atoms with van der Waals surface area (Å²) in [4.78, 5) is 0. The summed E-state index contributed by atoms with van der Waals surface area (Å²) in [6.07, 6.45) is 2.55. The van der Waals surface area contributed by atoms with Crippen LogP contribution in [-0.4, -0.2) is 18.3 Å². The molecule has 94 valence electrons. The van der Waals surface area contributed by atoms with Gasteiger partial charge in [0.15, 0.2) is 0 Å². The molecule has 1 nitrogen and oxygen atoms in total. The molecule has 1 heterocycles. The van der Waals surface area contributed by atoms with Gasteiger partial charge in [-0.05, 0) is 49.5 Å². The molecule has 3 heteroatoms. The minimum atomic E-state index is -0.127. The quantitative estimate of drug-likeness (QED) is 0.882. The Balaban J connectivity index is 1.80. The smallest absolute Gasteiger partial charge is 0.123 e. The molecule has 0 amide bonds. The molecule has 1 unspecified atom stereocenters. The van der Waals surface area contributed by atoms with Gasteiger partial charge in [-0.15, -0.1) is 0 Å². The van der Waals surface area contributed by atoms with Gasteiger partial charge in [0, 0.05) is 11.0 Å². The molecule has 17 heavy (non-hydrogen) atoms. The summed E-state index contributed by atoms with van der Waals surface area (Å²) in [7, 11) is 0. The number of nitrogens with one attached hydrogen (secondary N) is 1. The maximum Gasteiger partial charge on any atom is 0.123 e. The van der Waals surface area contributed by atoms with Gasteiger partial charge in [0.2, 0.25) is 0 Å². The van der Waals surface area contributed by atoms with Gasteiger partial charge < -0.3 is 5.32 Å². The second-order valence-electron chi connectivity index (χ2n) is 4.73. The number of thioether (sulfide) groups is 1. The van der Waals surface area contributed by atoms with Crippen LogP contribution in [0.25, 0.3) is 0 Å². The SMILES string of the molecule is CC(SCc1cccc(F)c1)C1CCNCC1. The summed E-state index contributed by atoms with van der Waals surface area (Å²) in [6.45, 7) is 4.60. The zero-order chi connectivity index (χ0) is 12.1. The van der Waals surface area contributed by atoms with Crippen molar-refractivity contribution in [3.8, 4) is 0 Å². The van der Waals surface area contributed by atoms with Crippen molar-refractivity contribution in [2.75, 3.05) is 13.1 Å². The van der Waals surface area contributed by atoms with Gasteiger partial charge in [-0.25, -0.2) is 4.39 Å². The van der Waals surface area contributed by atoms with Crippen molar-refractivity contribution in [3.05, 3.63) is 35.6 Å². The van der Waals surface area contributed by atoms with Gasteiger partial charge in [0.1, 0.15) is 5.82 Å². The highest BCUT2D eigenvalue weighted by molar-refractivity contribution is 7.99. The van der Waals surface area contributed by atoms with Crippen molar-refractivity contribution in [1.82, 2.24) is 5.32 Å². The Hall–Kier alpha value is -0.540. The summed E-state index contributed by atoms with van der Waals surface area (Å²) < 4.78 is 13.0. The molecule has 1 aliphatic rings. The predicted molar refractivity (Wildman–Crippen MR) is 72.8 cm³/mol. The highest BCUT2D eigenvalue weighted by Gasteiger charge is 2.19. The molecular weight excluding hydrogens is 233 g/mol. The average molecular weight is 253 g/mol. The molecule has 0 aliphatic carbocycles. The van der Waals surface area contributed by atoms with E-state index in [0.717, 1.165) is 30.3 Å². The molecule has 0 spiro atoms. The molecule has 1 N–H and O–H groups in total. The molecule has 1 aromatic rings. The molecule has 1 aliphatic heterocycles. The highest BCUT2D eigenvalue weighted by atomic mass is 32.2. The van der Waals surface area contributed by atoms with Crippen LogP contribution in [0, 0.1) is 11.7 Å². The van der Waals surface area contributed by atoms with E-state index in [9.17, 15) is 4.39 Å². The summed E-state index contributed by atoms with van der Waals surface area (Å²) in [5.74, 6) is 1.61. The highest BCUT2D eigenvalue weighted by Crippen LogP contribution is 2.28. The van der Waals surface area contributed by atoms with E-state index < -0.39 is 0 Å². The zero-order valence-electron chi connectivity index (χ0n) is 10.3. The Kier molecular flexibility index (Phi) is 4.86. The fourth-order valence-corrected chi connectivity index (χ4v) is 3.48.